The van der Waals surface area contributed by atoms with Crippen LogP contribution in [0.25, 0.3) is 0 Å². The van der Waals surface area contributed by atoms with Gasteiger partial charge in [0.15, 0.2) is 0 Å². The molecule has 1 heterocycles. The van der Waals surface area contributed by atoms with Crippen LogP contribution in [0.15, 0.2) is 24.3 Å². The Morgan fingerprint density at radius 3 is 2.56 bits per heavy atom. The van der Waals surface area contributed by atoms with Gasteiger partial charge >= 0.3 is 0 Å². The lowest BCUT2D eigenvalue weighted by Crippen LogP contribution is -2.48. The molecule has 0 aromatic heterocycles. The number of likely N-dealkylation sites (N-methyl/N-ethyl adjacent to an activating group) is 1. The summed E-state index contributed by atoms with van der Waals surface area (Å²) in [5.74, 6) is -1.01. The molecule has 0 spiro atoms. The Labute approximate surface area is 159 Å². The largest absolute Gasteiger partial charge is 0.352 e. The molecule has 0 aliphatic carbocycles. The van der Waals surface area contributed by atoms with Gasteiger partial charge in [-0.25, -0.2) is 4.39 Å². The van der Waals surface area contributed by atoms with Crippen LogP contribution in [0.2, 0.25) is 0 Å². The number of piperidine rings is 1. The minimum Gasteiger partial charge on any atom is -0.352 e. The van der Waals surface area contributed by atoms with Crippen LogP contribution in [-0.4, -0.2) is 60.2 Å². The molecule has 3 amide bonds. The number of carbonyl (C=O) groups is 3. The molecule has 6 nitrogen and oxygen atoms in total. The van der Waals surface area contributed by atoms with Crippen molar-refractivity contribution in [3.63, 3.8) is 0 Å². The zero-order chi connectivity index (χ0) is 20.0. The van der Waals surface area contributed by atoms with Gasteiger partial charge in [0.05, 0.1) is 18.9 Å². The van der Waals surface area contributed by atoms with Crippen molar-refractivity contribution in [2.24, 2.45) is 5.92 Å². The number of rotatable bonds is 6. The molecule has 148 valence electrons. The van der Waals surface area contributed by atoms with Crippen LogP contribution in [-0.2, 0) is 20.8 Å². The first-order valence-electron chi connectivity index (χ1n) is 9.33. The fraction of sp³-hybridized carbons (Fsp3) is 0.550. The number of benzene rings is 1. The van der Waals surface area contributed by atoms with E-state index < -0.39 is 0 Å². The van der Waals surface area contributed by atoms with Crippen LogP contribution in [0.5, 0.6) is 0 Å². The van der Waals surface area contributed by atoms with Crippen molar-refractivity contribution in [2.75, 3.05) is 26.7 Å². The first-order valence-corrected chi connectivity index (χ1v) is 9.33. The SMILES string of the molecule is CC(C)NC(=O)CN(C)C(=O)[C@@H]1CCCN(C(=O)Cc2ccc(F)cc2)C1. The summed E-state index contributed by atoms with van der Waals surface area (Å²) in [5, 5.41) is 2.77. The fourth-order valence-electron chi connectivity index (χ4n) is 3.27. The maximum Gasteiger partial charge on any atom is 0.239 e. The fourth-order valence-corrected chi connectivity index (χ4v) is 3.27. The summed E-state index contributed by atoms with van der Waals surface area (Å²) in [6, 6.07) is 5.89. The van der Waals surface area contributed by atoms with Crippen LogP contribution in [0.1, 0.15) is 32.3 Å². The van der Waals surface area contributed by atoms with Crippen LogP contribution < -0.4 is 5.32 Å². The topological polar surface area (TPSA) is 69.7 Å². The highest BCUT2D eigenvalue weighted by atomic mass is 19.1. The van der Waals surface area contributed by atoms with E-state index in [9.17, 15) is 18.8 Å². The van der Waals surface area contributed by atoms with Gasteiger partial charge in [0.25, 0.3) is 0 Å². The Balaban J connectivity index is 1.90. The molecule has 1 atom stereocenters. The number of nitrogens with one attached hydrogen (secondary N) is 1. The van der Waals surface area contributed by atoms with Crippen molar-refractivity contribution in [3.05, 3.63) is 35.6 Å². The normalized spacial score (nSPS) is 16.9. The molecule has 27 heavy (non-hydrogen) atoms. The van der Waals surface area contributed by atoms with E-state index in [4.69, 9.17) is 0 Å². The lowest BCUT2D eigenvalue weighted by atomic mass is 9.96. The van der Waals surface area contributed by atoms with E-state index in [-0.39, 0.29) is 48.5 Å². The minimum absolute atomic E-state index is 0.0110. The number of nitrogens with zero attached hydrogens (tertiary/aromatic N) is 2. The van der Waals surface area contributed by atoms with E-state index in [1.165, 1.54) is 17.0 Å². The highest BCUT2D eigenvalue weighted by Gasteiger charge is 2.30. The lowest BCUT2D eigenvalue weighted by Gasteiger charge is -2.34. The van der Waals surface area contributed by atoms with Crippen molar-refractivity contribution < 1.29 is 18.8 Å². The molecule has 1 aliphatic rings. The number of hydrogen-bond donors (Lipinski definition) is 1. The third-order valence-electron chi connectivity index (χ3n) is 4.60. The van der Waals surface area contributed by atoms with E-state index in [0.717, 1.165) is 12.0 Å². The predicted octanol–water partition coefficient (Wildman–Crippen LogP) is 1.59. The van der Waals surface area contributed by atoms with Crippen molar-refractivity contribution >= 4 is 17.7 Å². The maximum absolute atomic E-state index is 13.0. The van der Waals surface area contributed by atoms with E-state index in [1.807, 2.05) is 13.8 Å². The molecule has 1 aromatic carbocycles. The van der Waals surface area contributed by atoms with Crippen molar-refractivity contribution in [1.82, 2.24) is 15.1 Å². The van der Waals surface area contributed by atoms with Gasteiger partial charge in [0, 0.05) is 26.2 Å². The molecule has 2 rings (SSSR count). The summed E-state index contributed by atoms with van der Waals surface area (Å²) in [4.78, 5) is 40.2. The number of likely N-dealkylation sites (tertiary alicyclic amines) is 1. The average molecular weight is 377 g/mol. The van der Waals surface area contributed by atoms with Gasteiger partial charge in [-0.2, -0.15) is 0 Å². The third-order valence-corrected chi connectivity index (χ3v) is 4.60. The number of halogens is 1. The summed E-state index contributed by atoms with van der Waals surface area (Å²) in [6.45, 7) is 4.71. The molecule has 1 saturated heterocycles. The number of amides is 3. The van der Waals surface area contributed by atoms with Crippen LogP contribution in [0.4, 0.5) is 4.39 Å². The number of carbonyl (C=O) groups excluding carboxylic acids is 3. The summed E-state index contributed by atoms with van der Waals surface area (Å²) in [7, 11) is 1.61. The molecule has 1 fully saturated rings. The van der Waals surface area contributed by atoms with Gasteiger partial charge in [-0.1, -0.05) is 12.1 Å². The van der Waals surface area contributed by atoms with Crippen LogP contribution in [0.3, 0.4) is 0 Å². The Kier molecular flexibility index (Phi) is 7.33. The van der Waals surface area contributed by atoms with E-state index in [2.05, 4.69) is 5.32 Å². The second-order valence-corrected chi connectivity index (χ2v) is 7.40. The van der Waals surface area contributed by atoms with Crippen LogP contribution >= 0.6 is 0 Å². The van der Waals surface area contributed by atoms with E-state index >= 15 is 0 Å². The van der Waals surface area contributed by atoms with Gasteiger partial charge in [0.1, 0.15) is 5.82 Å². The highest BCUT2D eigenvalue weighted by molar-refractivity contribution is 5.86. The average Bonchev–Trinajstić information content (AvgIpc) is 2.62. The molecule has 1 N–H and O–H groups in total. The van der Waals surface area contributed by atoms with Gasteiger partial charge in [-0.15, -0.1) is 0 Å². The zero-order valence-electron chi connectivity index (χ0n) is 16.2. The van der Waals surface area contributed by atoms with Crippen molar-refractivity contribution in [1.29, 1.82) is 0 Å². The second kappa shape index (κ2) is 9.48. The standard InChI is InChI=1S/C20H28FN3O3/c1-14(2)22-18(25)13-23(3)20(27)16-5-4-10-24(12-16)19(26)11-15-6-8-17(21)9-7-15/h6-9,14,16H,4-5,10-13H2,1-3H3,(H,22,25)/t16-/m1/s1. The Bertz CT molecular complexity index is 676. The quantitative estimate of drug-likeness (QED) is 0.819. The molecular formula is C20H28FN3O3. The van der Waals surface area contributed by atoms with E-state index in [1.54, 1.807) is 24.1 Å². The minimum atomic E-state index is -0.334. The Morgan fingerprint density at radius 1 is 1.26 bits per heavy atom. The summed E-state index contributed by atoms with van der Waals surface area (Å²) >= 11 is 0. The summed E-state index contributed by atoms with van der Waals surface area (Å²) in [5.41, 5.74) is 0.748. The smallest absolute Gasteiger partial charge is 0.239 e. The van der Waals surface area contributed by atoms with Gasteiger partial charge in [0.2, 0.25) is 17.7 Å². The lowest BCUT2D eigenvalue weighted by molar-refractivity contribution is -0.142. The second-order valence-electron chi connectivity index (χ2n) is 7.40. The predicted molar refractivity (Wildman–Crippen MR) is 100 cm³/mol. The Hall–Kier alpha value is -2.44. The molecule has 0 radical (unpaired) electrons. The van der Waals surface area contributed by atoms with Crippen molar-refractivity contribution in [3.8, 4) is 0 Å². The van der Waals surface area contributed by atoms with Gasteiger partial charge in [-0.3, -0.25) is 14.4 Å². The number of hydrogen-bond acceptors (Lipinski definition) is 3. The third kappa shape index (κ3) is 6.34. The van der Waals surface area contributed by atoms with Gasteiger partial charge in [-0.05, 0) is 44.4 Å². The first-order chi connectivity index (χ1) is 12.8. The molecule has 1 aromatic rings. The summed E-state index contributed by atoms with van der Waals surface area (Å²) < 4.78 is 13.0. The molecule has 0 bridgehead atoms. The van der Waals surface area contributed by atoms with Gasteiger partial charge < -0.3 is 15.1 Å². The molecule has 1 aliphatic heterocycles. The maximum atomic E-state index is 13.0. The highest BCUT2D eigenvalue weighted by Crippen LogP contribution is 2.19. The first kappa shape index (κ1) is 20.9. The molecule has 0 unspecified atom stereocenters. The molecule has 0 saturated carbocycles. The van der Waals surface area contributed by atoms with Crippen LogP contribution in [0, 0.1) is 11.7 Å². The van der Waals surface area contributed by atoms with Crippen molar-refractivity contribution in [2.45, 2.75) is 39.2 Å². The molecular weight excluding hydrogens is 349 g/mol. The molecule has 7 heteroatoms. The monoisotopic (exact) mass is 377 g/mol. The zero-order valence-corrected chi connectivity index (χ0v) is 16.2. The summed E-state index contributed by atoms with van der Waals surface area (Å²) in [6.07, 6.45) is 1.64. The van der Waals surface area contributed by atoms with E-state index in [0.29, 0.717) is 19.5 Å². The Morgan fingerprint density at radius 2 is 1.93 bits per heavy atom.